The molecule has 1 spiro atoms. The van der Waals surface area contributed by atoms with Gasteiger partial charge in [0.15, 0.2) is 0 Å². The van der Waals surface area contributed by atoms with Crippen LogP contribution >= 0.6 is 0 Å². The van der Waals surface area contributed by atoms with Gasteiger partial charge in [0.1, 0.15) is 34.1 Å². The van der Waals surface area contributed by atoms with Crippen molar-refractivity contribution in [3.63, 3.8) is 0 Å². The maximum Gasteiger partial charge on any atom is 0.247 e. The first kappa shape index (κ1) is 29.6. The molecular formula is C31H32F3N3O5S. The van der Waals surface area contributed by atoms with E-state index in [9.17, 15) is 31.5 Å². The lowest BCUT2D eigenvalue weighted by Crippen LogP contribution is -2.59. The maximum absolute atomic E-state index is 14.6. The molecule has 8 nitrogen and oxygen atoms in total. The van der Waals surface area contributed by atoms with Crippen LogP contribution in [-0.4, -0.2) is 72.6 Å². The van der Waals surface area contributed by atoms with E-state index in [-0.39, 0.29) is 41.6 Å². The van der Waals surface area contributed by atoms with Gasteiger partial charge in [0, 0.05) is 61.8 Å². The minimum absolute atomic E-state index is 0.0251. The van der Waals surface area contributed by atoms with Gasteiger partial charge < -0.3 is 15.2 Å². The van der Waals surface area contributed by atoms with Crippen molar-refractivity contribution in [1.82, 2.24) is 14.5 Å². The molecule has 3 aromatic carbocycles. The summed E-state index contributed by atoms with van der Waals surface area (Å²) in [4.78, 5) is 15.6. The Morgan fingerprint density at radius 3 is 2.49 bits per heavy atom. The second-order valence-electron chi connectivity index (χ2n) is 11.5. The Bertz CT molecular complexity index is 1650. The number of hydrogen-bond acceptors (Lipinski definition) is 6. The fraction of sp³-hybridized carbons (Fsp3) is 0.387. The van der Waals surface area contributed by atoms with Crippen LogP contribution in [0.3, 0.4) is 0 Å². The highest BCUT2D eigenvalue weighted by molar-refractivity contribution is 7.89. The van der Waals surface area contributed by atoms with Gasteiger partial charge in [-0.25, -0.2) is 21.6 Å². The minimum atomic E-state index is -4.32. The summed E-state index contributed by atoms with van der Waals surface area (Å²) in [6.07, 6.45) is 0.300. The summed E-state index contributed by atoms with van der Waals surface area (Å²) in [5.74, 6) is -2.34. The first-order valence-electron chi connectivity index (χ1n) is 14.2. The number of ether oxygens (including phenoxy) is 1. The lowest BCUT2D eigenvalue weighted by atomic mass is 9.84. The summed E-state index contributed by atoms with van der Waals surface area (Å²) in [6, 6.07) is 12.7. The molecular weight excluding hydrogens is 583 g/mol. The SMILES string of the molecule is O=C1NC2(CCOc3cc(-c4ccc(F)cc4F)ccc3S(=O)(=O)N3C[C@H](O)C[C@@H]13)CCN(Cc1ccccc1F)CC2. The Kier molecular flexibility index (Phi) is 7.97. The zero-order valence-electron chi connectivity index (χ0n) is 23.3. The van der Waals surface area contributed by atoms with Gasteiger partial charge in [-0.2, -0.15) is 4.31 Å². The predicted molar refractivity (Wildman–Crippen MR) is 152 cm³/mol. The summed E-state index contributed by atoms with van der Waals surface area (Å²) in [5, 5.41) is 13.6. The fourth-order valence-electron chi connectivity index (χ4n) is 6.28. The summed E-state index contributed by atoms with van der Waals surface area (Å²) < 4.78 is 77.3. The molecule has 6 rings (SSSR count). The molecule has 0 saturated carbocycles. The van der Waals surface area contributed by atoms with Crippen LogP contribution in [0.2, 0.25) is 0 Å². The zero-order chi connectivity index (χ0) is 30.4. The van der Waals surface area contributed by atoms with Crippen molar-refractivity contribution in [3.05, 3.63) is 83.7 Å². The highest BCUT2D eigenvalue weighted by Gasteiger charge is 2.47. The third kappa shape index (κ3) is 5.88. The van der Waals surface area contributed by atoms with Gasteiger partial charge in [0.05, 0.1) is 12.7 Å². The van der Waals surface area contributed by atoms with Crippen molar-refractivity contribution in [3.8, 4) is 16.9 Å². The molecule has 1 amide bonds. The molecule has 3 heterocycles. The number of halogens is 3. The van der Waals surface area contributed by atoms with Crippen LogP contribution in [0.5, 0.6) is 5.75 Å². The molecule has 0 aliphatic carbocycles. The van der Waals surface area contributed by atoms with E-state index in [1.165, 1.54) is 30.3 Å². The molecule has 0 aromatic heterocycles. The number of hydrogen-bond donors (Lipinski definition) is 2. The van der Waals surface area contributed by atoms with Gasteiger partial charge >= 0.3 is 0 Å². The molecule has 2 saturated heterocycles. The van der Waals surface area contributed by atoms with Gasteiger partial charge in [0.25, 0.3) is 0 Å². The molecule has 0 radical (unpaired) electrons. The molecule has 0 unspecified atom stereocenters. The van der Waals surface area contributed by atoms with E-state index < -0.39 is 45.2 Å². The van der Waals surface area contributed by atoms with E-state index in [0.29, 0.717) is 50.0 Å². The first-order chi connectivity index (χ1) is 20.5. The van der Waals surface area contributed by atoms with Crippen LogP contribution in [0, 0.1) is 17.5 Å². The number of aliphatic hydroxyl groups is 1. The summed E-state index contributed by atoms with van der Waals surface area (Å²) in [6.45, 7) is 1.34. The molecule has 12 heteroatoms. The third-order valence-corrected chi connectivity index (χ3v) is 10.6. The van der Waals surface area contributed by atoms with Crippen molar-refractivity contribution in [1.29, 1.82) is 0 Å². The van der Waals surface area contributed by atoms with Gasteiger partial charge in [-0.3, -0.25) is 9.69 Å². The van der Waals surface area contributed by atoms with E-state index >= 15 is 0 Å². The number of sulfonamides is 1. The number of rotatable bonds is 3. The highest BCUT2D eigenvalue weighted by Crippen LogP contribution is 2.38. The van der Waals surface area contributed by atoms with Crippen molar-refractivity contribution >= 4 is 15.9 Å². The van der Waals surface area contributed by atoms with Gasteiger partial charge in [0.2, 0.25) is 15.9 Å². The lowest BCUT2D eigenvalue weighted by Gasteiger charge is -2.43. The number of aliphatic hydroxyl groups excluding tert-OH is 1. The van der Waals surface area contributed by atoms with Gasteiger partial charge in [-0.15, -0.1) is 0 Å². The zero-order valence-corrected chi connectivity index (χ0v) is 24.1. The average molecular weight is 616 g/mol. The van der Waals surface area contributed by atoms with Crippen LogP contribution in [0.4, 0.5) is 13.2 Å². The number of carbonyl (C=O) groups excluding carboxylic acids is 1. The fourth-order valence-corrected chi connectivity index (χ4v) is 8.03. The Balaban J connectivity index is 1.32. The summed E-state index contributed by atoms with van der Waals surface area (Å²) in [5.41, 5.74) is 0.227. The minimum Gasteiger partial charge on any atom is -0.492 e. The van der Waals surface area contributed by atoms with E-state index in [2.05, 4.69) is 10.2 Å². The molecule has 43 heavy (non-hydrogen) atoms. The van der Waals surface area contributed by atoms with E-state index in [1.807, 2.05) is 0 Å². The Morgan fingerprint density at radius 1 is 0.977 bits per heavy atom. The average Bonchev–Trinajstić information content (AvgIpc) is 3.38. The number of nitrogens with one attached hydrogen (secondary N) is 1. The number of piperidine rings is 1. The molecule has 3 aliphatic heterocycles. The van der Waals surface area contributed by atoms with Crippen LogP contribution in [0.25, 0.3) is 11.1 Å². The molecule has 228 valence electrons. The van der Waals surface area contributed by atoms with Gasteiger partial charge in [-0.05, 0) is 48.7 Å². The maximum atomic E-state index is 14.6. The Hall–Kier alpha value is -3.45. The molecule has 3 aromatic rings. The van der Waals surface area contributed by atoms with Crippen molar-refractivity contribution in [2.75, 3.05) is 26.2 Å². The largest absolute Gasteiger partial charge is 0.492 e. The highest BCUT2D eigenvalue weighted by atomic mass is 32.2. The van der Waals surface area contributed by atoms with Crippen LogP contribution in [0.1, 0.15) is 31.2 Å². The van der Waals surface area contributed by atoms with Crippen molar-refractivity contribution < 1.29 is 36.2 Å². The number of nitrogens with zero attached hydrogens (tertiary/aromatic N) is 2. The Morgan fingerprint density at radius 2 is 1.74 bits per heavy atom. The number of benzene rings is 3. The Labute approximate surface area is 248 Å². The van der Waals surface area contributed by atoms with Gasteiger partial charge in [-0.1, -0.05) is 24.3 Å². The van der Waals surface area contributed by atoms with E-state index in [0.717, 1.165) is 16.4 Å². The van der Waals surface area contributed by atoms with Crippen molar-refractivity contribution in [2.24, 2.45) is 0 Å². The topological polar surface area (TPSA) is 99.2 Å². The lowest BCUT2D eigenvalue weighted by molar-refractivity contribution is -0.127. The molecule has 0 bridgehead atoms. The standard InChI is InChI=1S/C31H32F3N3O5S/c32-22-6-7-24(26(34)16-22)20-5-8-29-28(15-20)42-14-11-31(35-30(39)27-17-23(38)19-37(27)43(29,40)41)9-12-36(13-10-31)18-21-3-1-2-4-25(21)33/h1-8,15-16,23,27,38H,9-14,17-19H2,(H,35,39)/t23-,27+/m1/s1. The number of carbonyl (C=O) groups is 1. The quantitative estimate of drug-likeness (QED) is 0.465. The number of likely N-dealkylation sites (tertiary alicyclic amines) is 1. The number of amides is 1. The second kappa shape index (κ2) is 11.6. The van der Waals surface area contributed by atoms with Crippen LogP contribution < -0.4 is 10.1 Å². The first-order valence-corrected chi connectivity index (χ1v) is 15.7. The van der Waals surface area contributed by atoms with Crippen LogP contribution in [0.15, 0.2) is 65.6 Å². The smallest absolute Gasteiger partial charge is 0.247 e. The third-order valence-electron chi connectivity index (χ3n) is 8.70. The predicted octanol–water partition coefficient (Wildman–Crippen LogP) is 3.83. The summed E-state index contributed by atoms with van der Waals surface area (Å²) in [7, 11) is -4.32. The van der Waals surface area contributed by atoms with Crippen molar-refractivity contribution in [2.45, 2.75) is 54.8 Å². The van der Waals surface area contributed by atoms with E-state index in [1.54, 1.807) is 18.2 Å². The molecule has 3 aliphatic rings. The molecule has 2 fully saturated rings. The monoisotopic (exact) mass is 615 g/mol. The second-order valence-corrected chi connectivity index (χ2v) is 13.4. The van der Waals surface area contributed by atoms with E-state index in [4.69, 9.17) is 4.74 Å². The molecule has 2 N–H and O–H groups in total. The number of fused-ring (bicyclic) bond motifs is 2. The van der Waals surface area contributed by atoms with Crippen LogP contribution in [-0.2, 0) is 21.4 Å². The summed E-state index contributed by atoms with van der Waals surface area (Å²) >= 11 is 0. The normalized spacial score (nSPS) is 24.0. The molecule has 2 atom stereocenters.